The topological polar surface area (TPSA) is 60.0 Å². The first kappa shape index (κ1) is 26.9. The average Bonchev–Trinajstić information content (AvgIpc) is 2.90. The first-order valence-corrected chi connectivity index (χ1v) is 14.3. The quantitative estimate of drug-likeness (QED) is 0.446. The van der Waals surface area contributed by atoms with Crippen LogP contribution in [0.2, 0.25) is 0 Å². The van der Waals surface area contributed by atoms with Gasteiger partial charge in [-0.25, -0.2) is 4.79 Å². The van der Waals surface area contributed by atoms with Crippen molar-refractivity contribution in [3.8, 4) is 22.6 Å². The van der Waals surface area contributed by atoms with Crippen molar-refractivity contribution in [2.75, 3.05) is 33.4 Å². The third-order valence-electron chi connectivity index (χ3n) is 8.93. The predicted octanol–water partition coefficient (Wildman–Crippen LogP) is 6.60. The number of piperidine rings is 3. The van der Waals surface area contributed by atoms with Gasteiger partial charge in [0.2, 0.25) is 0 Å². The summed E-state index contributed by atoms with van der Waals surface area (Å²) in [5.74, 6) is 2.28. The summed E-state index contributed by atoms with van der Waals surface area (Å²) in [6.07, 6.45) is 4.88. The molecule has 2 atom stereocenters. The van der Waals surface area contributed by atoms with E-state index in [0.717, 1.165) is 97.7 Å². The molecule has 1 aliphatic carbocycles. The van der Waals surface area contributed by atoms with Crippen molar-refractivity contribution in [1.29, 1.82) is 0 Å². The maximum Gasteiger partial charge on any atom is 0.407 e. The van der Waals surface area contributed by atoms with Crippen LogP contribution >= 0.6 is 0 Å². The van der Waals surface area contributed by atoms with Gasteiger partial charge in [-0.05, 0) is 122 Å². The lowest BCUT2D eigenvalue weighted by Gasteiger charge is -2.44. The Kier molecular flexibility index (Phi) is 7.63. The molecule has 0 spiro atoms. The Morgan fingerprint density at radius 1 is 1.11 bits per heavy atom. The fraction of sp³-hybridized carbons (Fsp3) is 0.594. The van der Waals surface area contributed by atoms with E-state index < -0.39 is 0 Å². The van der Waals surface area contributed by atoms with Crippen molar-refractivity contribution in [2.24, 2.45) is 11.3 Å². The van der Waals surface area contributed by atoms with Crippen LogP contribution in [0.15, 0.2) is 24.3 Å². The van der Waals surface area contributed by atoms with E-state index in [1.165, 1.54) is 5.56 Å². The number of hydrogen-bond acceptors (Lipinski definition) is 5. The highest BCUT2D eigenvalue weighted by atomic mass is 16.6. The van der Waals surface area contributed by atoms with Gasteiger partial charge in [-0.3, -0.25) is 4.90 Å². The standard InChI is InChI=1S/C32H44N2O4/c1-7-14-37-29-20(2)15-24(16-21(29)3)25-17-23-8-11-32(4,5)30(26(23)18-27(25)36-6)33-31(35)38-28-19-34-12-9-22(28)10-13-34/h15-18,22,28,30H,7-14,19H2,1-6H3,(H,33,35)/t28-,30?/m0/s1. The molecule has 1 amide bonds. The van der Waals surface area contributed by atoms with E-state index in [0.29, 0.717) is 5.92 Å². The highest BCUT2D eigenvalue weighted by molar-refractivity contribution is 5.75. The number of nitrogens with zero attached hydrogens (tertiary/aromatic N) is 1. The molecular weight excluding hydrogens is 476 g/mol. The number of alkyl carbamates (subject to hydrolysis) is 1. The van der Waals surface area contributed by atoms with Crippen molar-refractivity contribution in [1.82, 2.24) is 10.2 Å². The number of nitrogens with one attached hydrogen (secondary N) is 1. The van der Waals surface area contributed by atoms with Gasteiger partial charge in [0.25, 0.3) is 0 Å². The molecule has 4 aliphatic rings. The fourth-order valence-corrected chi connectivity index (χ4v) is 6.69. The SMILES string of the molecule is CCCOc1c(C)cc(-c2cc3c(cc2OC)C(NC(=O)O[C@H]2CN4CCC2CC4)C(C)(C)CC3)cc1C. The lowest BCUT2D eigenvalue weighted by atomic mass is 9.70. The minimum Gasteiger partial charge on any atom is -0.496 e. The van der Waals surface area contributed by atoms with Crippen molar-refractivity contribution in [3.63, 3.8) is 0 Å². The zero-order valence-electron chi connectivity index (χ0n) is 24.0. The normalized spacial score (nSPS) is 25.4. The van der Waals surface area contributed by atoms with E-state index in [2.05, 4.69) is 69.1 Å². The summed E-state index contributed by atoms with van der Waals surface area (Å²) in [5, 5.41) is 3.28. The second-order valence-electron chi connectivity index (χ2n) is 12.2. The zero-order chi connectivity index (χ0) is 27.0. The number of hydrogen-bond donors (Lipinski definition) is 1. The summed E-state index contributed by atoms with van der Waals surface area (Å²) in [6.45, 7) is 14.6. The van der Waals surface area contributed by atoms with E-state index in [1.807, 2.05) is 0 Å². The Morgan fingerprint density at radius 3 is 2.42 bits per heavy atom. The summed E-state index contributed by atoms with van der Waals surface area (Å²) < 4.78 is 18.0. The Bertz CT molecular complexity index is 1160. The van der Waals surface area contributed by atoms with Crippen LogP contribution in [-0.2, 0) is 11.2 Å². The Morgan fingerprint density at radius 2 is 1.82 bits per heavy atom. The molecule has 6 nitrogen and oxygen atoms in total. The number of aryl methyl sites for hydroxylation is 3. The molecule has 38 heavy (non-hydrogen) atoms. The maximum atomic E-state index is 13.2. The fourth-order valence-electron chi connectivity index (χ4n) is 6.69. The monoisotopic (exact) mass is 520 g/mol. The molecule has 3 heterocycles. The van der Waals surface area contributed by atoms with Crippen LogP contribution in [0.4, 0.5) is 4.79 Å². The van der Waals surface area contributed by atoms with E-state index in [4.69, 9.17) is 14.2 Å². The molecule has 3 saturated heterocycles. The van der Waals surface area contributed by atoms with Gasteiger partial charge in [0.15, 0.2) is 0 Å². The molecular formula is C32H44N2O4. The first-order chi connectivity index (χ1) is 18.2. The van der Waals surface area contributed by atoms with Gasteiger partial charge < -0.3 is 19.5 Å². The van der Waals surface area contributed by atoms with Crippen molar-refractivity contribution in [2.45, 2.75) is 78.9 Å². The predicted molar refractivity (Wildman–Crippen MR) is 151 cm³/mol. The number of rotatable bonds is 7. The highest BCUT2D eigenvalue weighted by Gasteiger charge is 2.40. The van der Waals surface area contributed by atoms with Gasteiger partial charge in [0, 0.05) is 12.1 Å². The van der Waals surface area contributed by atoms with E-state index in [1.54, 1.807) is 7.11 Å². The second-order valence-corrected chi connectivity index (χ2v) is 12.2. The minimum atomic E-state index is -0.299. The van der Waals surface area contributed by atoms with Crippen LogP contribution in [0.5, 0.6) is 11.5 Å². The highest BCUT2D eigenvalue weighted by Crippen LogP contribution is 2.47. The Hall–Kier alpha value is -2.73. The molecule has 206 valence electrons. The lowest BCUT2D eigenvalue weighted by Crippen LogP contribution is -2.53. The molecule has 6 rings (SSSR count). The average molecular weight is 521 g/mol. The molecule has 1 N–H and O–H groups in total. The van der Waals surface area contributed by atoms with Crippen molar-refractivity contribution in [3.05, 3.63) is 46.5 Å². The molecule has 0 saturated carbocycles. The summed E-state index contributed by atoms with van der Waals surface area (Å²) in [4.78, 5) is 15.6. The maximum absolute atomic E-state index is 13.2. The number of fused-ring (bicyclic) bond motifs is 4. The molecule has 6 heteroatoms. The second kappa shape index (κ2) is 10.8. The van der Waals surface area contributed by atoms with Gasteiger partial charge >= 0.3 is 6.09 Å². The van der Waals surface area contributed by atoms with Crippen molar-refractivity contribution >= 4 is 6.09 Å². The number of carbonyl (C=O) groups excluding carboxylic acids is 1. The Labute approximate surface area is 228 Å². The first-order valence-electron chi connectivity index (χ1n) is 14.3. The smallest absolute Gasteiger partial charge is 0.407 e. The molecule has 2 aromatic rings. The van der Waals surface area contributed by atoms with E-state index in [9.17, 15) is 4.79 Å². The lowest BCUT2D eigenvalue weighted by molar-refractivity contribution is -0.0353. The van der Waals surface area contributed by atoms with Crippen molar-refractivity contribution < 1.29 is 19.0 Å². The van der Waals surface area contributed by atoms with Gasteiger partial charge in [0.1, 0.15) is 17.6 Å². The van der Waals surface area contributed by atoms with Crippen LogP contribution in [0, 0.1) is 25.2 Å². The number of methoxy groups -OCH3 is 1. The van der Waals surface area contributed by atoms with Gasteiger partial charge in [-0.1, -0.05) is 20.8 Å². The van der Waals surface area contributed by atoms with Crippen LogP contribution in [0.3, 0.4) is 0 Å². The van der Waals surface area contributed by atoms with Crippen LogP contribution in [-0.4, -0.2) is 50.4 Å². The number of benzene rings is 2. The molecule has 0 aromatic heterocycles. The van der Waals surface area contributed by atoms with Gasteiger partial charge in [-0.2, -0.15) is 0 Å². The molecule has 3 fully saturated rings. The molecule has 1 unspecified atom stereocenters. The van der Waals surface area contributed by atoms with Crippen LogP contribution < -0.4 is 14.8 Å². The number of amides is 1. The van der Waals surface area contributed by atoms with E-state index >= 15 is 0 Å². The largest absolute Gasteiger partial charge is 0.496 e. The third-order valence-corrected chi connectivity index (χ3v) is 8.93. The molecule has 2 bridgehead atoms. The number of carbonyl (C=O) groups is 1. The summed E-state index contributed by atoms with van der Waals surface area (Å²) in [7, 11) is 1.72. The summed E-state index contributed by atoms with van der Waals surface area (Å²) in [6, 6.07) is 8.64. The number of ether oxygens (including phenoxy) is 3. The Balaban J connectivity index is 1.42. The molecule has 2 aromatic carbocycles. The zero-order valence-corrected chi connectivity index (χ0v) is 24.0. The third kappa shape index (κ3) is 5.25. The van der Waals surface area contributed by atoms with Crippen LogP contribution in [0.1, 0.15) is 74.8 Å². The van der Waals surface area contributed by atoms with Crippen LogP contribution in [0.25, 0.3) is 11.1 Å². The van der Waals surface area contributed by atoms with Gasteiger partial charge in [-0.15, -0.1) is 0 Å². The molecule has 0 radical (unpaired) electrons. The molecule has 3 aliphatic heterocycles. The summed E-state index contributed by atoms with van der Waals surface area (Å²) >= 11 is 0. The summed E-state index contributed by atoms with van der Waals surface area (Å²) in [5.41, 5.74) is 6.75. The minimum absolute atomic E-state index is 0.00339. The van der Waals surface area contributed by atoms with E-state index in [-0.39, 0.29) is 23.7 Å². The van der Waals surface area contributed by atoms with Gasteiger partial charge in [0.05, 0.1) is 19.8 Å².